The van der Waals surface area contributed by atoms with Crippen LogP contribution < -0.4 is 26.2 Å². The van der Waals surface area contributed by atoms with Gasteiger partial charge in [0.25, 0.3) is 6.71 Å². The van der Waals surface area contributed by atoms with Crippen molar-refractivity contribution in [2.75, 3.05) is 9.80 Å². The van der Waals surface area contributed by atoms with Crippen LogP contribution in [0.2, 0.25) is 0 Å². The molecule has 2 aliphatic rings. The lowest BCUT2D eigenvalue weighted by molar-refractivity contribution is 0.590. The summed E-state index contributed by atoms with van der Waals surface area (Å²) in [6, 6.07) is 124. The van der Waals surface area contributed by atoms with Crippen LogP contribution >= 0.6 is 0 Å². The van der Waals surface area contributed by atoms with Crippen LogP contribution in [0.1, 0.15) is 58.2 Å². The first-order valence-corrected chi connectivity index (χ1v) is 36.8. The summed E-state index contributed by atoms with van der Waals surface area (Å²) in [7, 11) is 0. The van der Waals surface area contributed by atoms with Crippen molar-refractivity contribution in [2.24, 2.45) is 0 Å². The molecule has 0 fully saturated rings. The van der Waals surface area contributed by atoms with Crippen LogP contribution in [0.5, 0.6) is 0 Å². The molecular weight excluding hydrogens is 1290 g/mol. The summed E-state index contributed by atoms with van der Waals surface area (Å²) < 4.78 is 12.8. The molecule has 0 aliphatic carbocycles. The van der Waals surface area contributed by atoms with E-state index in [4.69, 9.17) is 4.42 Å². The van der Waals surface area contributed by atoms with E-state index in [1.807, 2.05) is 6.07 Å². The van der Waals surface area contributed by atoms with E-state index >= 15 is 0 Å². The highest BCUT2D eigenvalue weighted by Crippen LogP contribution is 2.55. The van der Waals surface area contributed by atoms with Gasteiger partial charge in [0.1, 0.15) is 5.58 Å². The van der Waals surface area contributed by atoms with Gasteiger partial charge in [0, 0.05) is 66.4 Å². The normalized spacial score (nSPS) is 12.7. The molecule has 0 saturated carbocycles. The molecule has 0 atom stereocenters. The van der Waals surface area contributed by atoms with E-state index in [1.54, 1.807) is 0 Å². The zero-order chi connectivity index (χ0) is 71.3. The minimum atomic E-state index is -0.407. The van der Waals surface area contributed by atoms with Gasteiger partial charge in [-0.15, -0.1) is 0 Å². The summed E-state index contributed by atoms with van der Waals surface area (Å²) in [6.07, 6.45) is 0. The Balaban J connectivity index is 0.992. The van der Waals surface area contributed by atoms with Gasteiger partial charge in [-0.2, -0.15) is 5.26 Å². The van der Waals surface area contributed by atoms with E-state index in [0.717, 1.165) is 172 Å². The number of benzene rings is 15. The van der Waals surface area contributed by atoms with Crippen LogP contribution in [-0.2, 0) is 10.8 Å². The summed E-state index contributed by atoms with van der Waals surface area (Å²) in [6.45, 7) is 13.5. The van der Waals surface area contributed by atoms with E-state index in [2.05, 4.69) is 388 Å². The maximum Gasteiger partial charge on any atom is 0.252 e. The summed E-state index contributed by atoms with van der Waals surface area (Å²) in [5.74, 6) is 0. The fraction of sp³-hybridized carbons (Fsp3) is 0.0808. The molecule has 0 unspecified atom stereocenters. The molecule has 0 bridgehead atoms. The van der Waals surface area contributed by atoms with Gasteiger partial charge in [-0.25, -0.2) is 0 Å². The van der Waals surface area contributed by atoms with Crippen LogP contribution in [0.15, 0.2) is 332 Å². The van der Waals surface area contributed by atoms with Crippen molar-refractivity contribution in [1.29, 1.82) is 5.26 Å². The Hall–Kier alpha value is -13.1. The lowest BCUT2D eigenvalue weighted by Gasteiger charge is -2.45. The van der Waals surface area contributed by atoms with Crippen molar-refractivity contribution in [3.63, 3.8) is 0 Å². The number of nitriles is 1. The maximum atomic E-state index is 10.5. The molecule has 0 radical (unpaired) electrons. The van der Waals surface area contributed by atoms with Crippen molar-refractivity contribution in [1.82, 2.24) is 9.13 Å². The number of hydrogen-bond donors (Lipinski definition) is 0. The van der Waals surface area contributed by atoms with Crippen LogP contribution in [0.25, 0.3) is 133 Å². The fourth-order valence-corrected chi connectivity index (χ4v) is 17.4. The lowest BCUT2D eigenvalue weighted by Crippen LogP contribution is -2.61. The van der Waals surface area contributed by atoms with Crippen molar-refractivity contribution in [2.45, 2.75) is 52.4 Å². The standard InChI is InChI=1S/C99H72BN5O/c1-98(2,3)70-46-51-86-79(57-70)80-58-71(99(4,5)6)47-52-87(80)103(86)89-60-82-96(97-93(89)77-39-21-24-44-92(77)106-97)104(83-42-22-19-37-73(83)64-29-13-8-14-30-64)90-55-69(68-36-25-35-67(54-68)63-27-11-7-12-28-63)56-91-94(90)100(82)81-49-48-72(102-84-43-23-20-38-76(84)78-53-62(61-101)45-50-85(78)102)59-88(81)105(91)95-74(65-31-15-9-16-32-65)40-26-41-75(95)66-33-17-10-18-34-66/h7-60H,1-6H3. The average molecular weight is 1360 g/mol. The third-order valence-corrected chi connectivity index (χ3v) is 22.4. The Morgan fingerprint density at radius 3 is 1.44 bits per heavy atom. The van der Waals surface area contributed by atoms with Crippen LogP contribution in [0.4, 0.5) is 34.1 Å². The Kier molecular flexibility index (Phi) is 14.2. The number of furan rings is 1. The quantitative estimate of drug-likeness (QED) is 0.135. The minimum absolute atomic E-state index is 0.104. The minimum Gasteiger partial charge on any atom is -0.454 e. The second-order valence-corrected chi connectivity index (χ2v) is 30.7. The molecule has 5 heterocycles. The number of para-hydroxylation sites is 4. The zero-order valence-electron chi connectivity index (χ0n) is 59.9. The van der Waals surface area contributed by atoms with Gasteiger partial charge in [-0.05, 0) is 174 Å². The average Bonchev–Trinajstić information content (AvgIpc) is 1.11. The molecule has 0 saturated heterocycles. The topological polar surface area (TPSA) is 53.3 Å². The predicted octanol–water partition coefficient (Wildman–Crippen LogP) is 24.7. The van der Waals surface area contributed by atoms with Gasteiger partial charge >= 0.3 is 0 Å². The monoisotopic (exact) mass is 1360 g/mol. The largest absolute Gasteiger partial charge is 0.454 e. The summed E-state index contributed by atoms with van der Waals surface area (Å²) in [5, 5.41) is 17.1. The lowest BCUT2D eigenvalue weighted by atomic mass is 9.33. The van der Waals surface area contributed by atoms with Gasteiger partial charge in [-0.3, -0.25) is 0 Å². The third kappa shape index (κ3) is 9.78. The molecule has 502 valence electrons. The molecule has 18 aromatic rings. The molecule has 15 aromatic carbocycles. The van der Waals surface area contributed by atoms with E-state index in [-0.39, 0.29) is 10.8 Å². The fourth-order valence-electron chi connectivity index (χ4n) is 17.4. The second kappa shape index (κ2) is 24.0. The second-order valence-electron chi connectivity index (χ2n) is 30.7. The van der Waals surface area contributed by atoms with Gasteiger partial charge < -0.3 is 23.4 Å². The highest BCUT2D eigenvalue weighted by molar-refractivity contribution is 7.00. The molecule has 20 rings (SSSR count). The molecule has 2 aliphatic heterocycles. The molecule has 0 spiro atoms. The molecule has 106 heavy (non-hydrogen) atoms. The summed E-state index contributed by atoms with van der Waals surface area (Å²) >= 11 is 0. The summed E-state index contributed by atoms with van der Waals surface area (Å²) in [5.41, 5.74) is 31.5. The third-order valence-electron chi connectivity index (χ3n) is 22.4. The maximum absolute atomic E-state index is 10.5. The first kappa shape index (κ1) is 62.6. The number of anilines is 6. The summed E-state index contributed by atoms with van der Waals surface area (Å²) in [4.78, 5) is 5.24. The Bertz CT molecular complexity index is 6550. The zero-order valence-corrected chi connectivity index (χ0v) is 59.9. The molecule has 7 heteroatoms. The highest BCUT2D eigenvalue weighted by Gasteiger charge is 2.47. The SMILES string of the molecule is CC(C)(C)c1ccc2c(c1)c1cc(C(C)(C)C)ccc1n2-c1cc2c(c3oc4ccccc4c13)N(c1ccccc1-c1ccccc1)c1cc(-c3cccc(-c4ccccc4)c3)cc3c1B2c1ccc(-n2c4ccccc4c4cc(C#N)ccc42)cc1N3c1c(-c2ccccc2)cccc1-c1ccccc1. The Labute approximate surface area is 617 Å². The molecule has 3 aromatic heterocycles. The van der Waals surface area contributed by atoms with E-state index in [9.17, 15) is 5.26 Å². The Morgan fingerprint density at radius 1 is 0.321 bits per heavy atom. The van der Waals surface area contributed by atoms with Crippen molar-refractivity contribution >= 4 is 123 Å². The van der Waals surface area contributed by atoms with Crippen LogP contribution in [-0.4, -0.2) is 15.8 Å². The molecule has 0 amide bonds. The molecule has 6 nitrogen and oxygen atoms in total. The van der Waals surface area contributed by atoms with Crippen LogP contribution in [0, 0.1) is 11.3 Å². The number of hydrogen-bond acceptors (Lipinski definition) is 4. The van der Waals surface area contributed by atoms with Gasteiger partial charge in [-0.1, -0.05) is 272 Å². The van der Waals surface area contributed by atoms with Crippen molar-refractivity contribution in [3.8, 4) is 73.1 Å². The smallest absolute Gasteiger partial charge is 0.252 e. The number of rotatable bonds is 9. The molecular formula is C99H72BN5O. The van der Waals surface area contributed by atoms with E-state index in [0.29, 0.717) is 5.56 Å². The first-order valence-electron chi connectivity index (χ1n) is 36.8. The van der Waals surface area contributed by atoms with Gasteiger partial charge in [0.2, 0.25) is 0 Å². The highest BCUT2D eigenvalue weighted by atomic mass is 16.3. The number of aromatic nitrogens is 2. The molecule has 0 N–H and O–H groups in total. The van der Waals surface area contributed by atoms with E-state index in [1.165, 1.54) is 21.9 Å². The predicted molar refractivity (Wildman–Crippen MR) is 446 cm³/mol. The van der Waals surface area contributed by atoms with E-state index < -0.39 is 6.71 Å². The Morgan fingerprint density at radius 2 is 0.811 bits per heavy atom. The van der Waals surface area contributed by atoms with Gasteiger partial charge in [0.05, 0.1) is 61.8 Å². The van der Waals surface area contributed by atoms with Crippen LogP contribution in [0.3, 0.4) is 0 Å². The number of nitrogens with zero attached hydrogens (tertiary/aromatic N) is 5. The number of fused-ring (bicyclic) bond motifs is 14. The van der Waals surface area contributed by atoms with Crippen molar-refractivity contribution < 1.29 is 4.42 Å². The van der Waals surface area contributed by atoms with Gasteiger partial charge in [0.15, 0.2) is 5.58 Å². The van der Waals surface area contributed by atoms with Crippen molar-refractivity contribution in [3.05, 3.63) is 344 Å². The first-order chi connectivity index (χ1) is 51.8.